The average molecular weight is 299 g/mol. The van der Waals surface area contributed by atoms with Crippen LogP contribution in [0.2, 0.25) is 0 Å². The van der Waals surface area contributed by atoms with Crippen molar-refractivity contribution in [1.29, 1.82) is 0 Å². The number of hydrogen-bond donors (Lipinski definition) is 2. The molecule has 22 heavy (non-hydrogen) atoms. The molecule has 1 aliphatic rings. The maximum atomic E-state index is 12.0. The number of carbonyl (C=O) groups is 2. The lowest BCUT2D eigenvalue weighted by atomic mass is 10.1. The van der Waals surface area contributed by atoms with Gasteiger partial charge in [0.1, 0.15) is 0 Å². The van der Waals surface area contributed by atoms with E-state index < -0.39 is 5.91 Å². The first-order chi connectivity index (χ1) is 10.6. The first-order valence-electron chi connectivity index (χ1n) is 7.41. The van der Waals surface area contributed by atoms with Crippen LogP contribution in [0.5, 0.6) is 0 Å². The minimum Gasteiger partial charge on any atom is -0.370 e. The van der Waals surface area contributed by atoms with Crippen molar-refractivity contribution in [3.8, 4) is 0 Å². The van der Waals surface area contributed by atoms with E-state index in [1.807, 2.05) is 19.1 Å². The van der Waals surface area contributed by atoms with Gasteiger partial charge in [-0.25, -0.2) is 0 Å². The van der Waals surface area contributed by atoms with Crippen LogP contribution in [0.25, 0.3) is 0 Å². The third kappa shape index (κ3) is 3.97. The van der Waals surface area contributed by atoms with Crippen molar-refractivity contribution < 1.29 is 9.59 Å². The molecule has 0 spiro atoms. The molecule has 1 heterocycles. The SMILES string of the molecule is C/C=C/C=C/C(=O)Nc1cc(C(N)=O)ccc1N1CCCC1. The number of hydrogen-bond acceptors (Lipinski definition) is 3. The normalized spacial score (nSPS) is 14.9. The molecule has 3 N–H and O–H groups in total. The first-order valence-corrected chi connectivity index (χ1v) is 7.41. The molecule has 0 bridgehead atoms. The highest BCUT2D eigenvalue weighted by Gasteiger charge is 2.17. The van der Waals surface area contributed by atoms with Gasteiger partial charge < -0.3 is 16.0 Å². The third-order valence-electron chi connectivity index (χ3n) is 3.54. The molecule has 1 aliphatic heterocycles. The molecule has 5 heteroatoms. The van der Waals surface area contributed by atoms with E-state index in [0.717, 1.165) is 31.6 Å². The maximum absolute atomic E-state index is 12.0. The molecule has 2 rings (SSSR count). The van der Waals surface area contributed by atoms with Gasteiger partial charge in [0.15, 0.2) is 0 Å². The first kappa shape index (κ1) is 15.8. The summed E-state index contributed by atoms with van der Waals surface area (Å²) >= 11 is 0. The Balaban J connectivity index is 2.26. The number of carbonyl (C=O) groups excluding carboxylic acids is 2. The van der Waals surface area contributed by atoms with Crippen molar-refractivity contribution >= 4 is 23.2 Å². The number of nitrogens with one attached hydrogen (secondary N) is 1. The van der Waals surface area contributed by atoms with Crippen molar-refractivity contribution in [3.05, 3.63) is 48.1 Å². The topological polar surface area (TPSA) is 75.4 Å². The number of amides is 2. The molecule has 0 radical (unpaired) electrons. The predicted octanol–water partition coefficient (Wildman–Crippen LogP) is 2.46. The zero-order valence-corrected chi connectivity index (χ0v) is 12.7. The zero-order chi connectivity index (χ0) is 15.9. The molecular weight excluding hydrogens is 278 g/mol. The molecule has 0 saturated carbocycles. The Morgan fingerprint density at radius 3 is 2.59 bits per heavy atom. The zero-order valence-electron chi connectivity index (χ0n) is 12.7. The fourth-order valence-electron chi connectivity index (χ4n) is 2.45. The fraction of sp³-hybridized carbons (Fsp3) is 0.294. The van der Waals surface area contributed by atoms with Gasteiger partial charge in [-0.1, -0.05) is 18.2 Å². The van der Waals surface area contributed by atoms with E-state index in [4.69, 9.17) is 5.73 Å². The van der Waals surface area contributed by atoms with Crippen LogP contribution in [-0.4, -0.2) is 24.9 Å². The molecule has 1 fully saturated rings. The summed E-state index contributed by atoms with van der Waals surface area (Å²) in [6, 6.07) is 5.18. The Bertz CT molecular complexity index is 614. The summed E-state index contributed by atoms with van der Waals surface area (Å²) in [7, 11) is 0. The van der Waals surface area contributed by atoms with E-state index in [0.29, 0.717) is 11.3 Å². The molecule has 1 aromatic carbocycles. The molecule has 0 aromatic heterocycles. The van der Waals surface area contributed by atoms with Crippen molar-refractivity contribution in [1.82, 2.24) is 0 Å². The lowest BCUT2D eigenvalue weighted by Crippen LogP contribution is -2.21. The van der Waals surface area contributed by atoms with Crippen LogP contribution in [0.15, 0.2) is 42.5 Å². The Morgan fingerprint density at radius 1 is 1.23 bits per heavy atom. The predicted molar refractivity (Wildman–Crippen MR) is 89.0 cm³/mol. The average Bonchev–Trinajstić information content (AvgIpc) is 3.01. The standard InChI is InChI=1S/C17H21N3O2/c1-2-3-4-7-16(21)19-14-12-13(17(18)22)8-9-15(14)20-10-5-6-11-20/h2-4,7-9,12H,5-6,10-11H2,1H3,(H2,18,22)(H,19,21)/b3-2+,7-4+. The number of rotatable bonds is 5. The van der Waals surface area contributed by atoms with Crippen molar-refractivity contribution in [3.63, 3.8) is 0 Å². The van der Waals surface area contributed by atoms with Crippen LogP contribution in [-0.2, 0) is 4.79 Å². The molecule has 1 saturated heterocycles. The summed E-state index contributed by atoms with van der Waals surface area (Å²) in [5.41, 5.74) is 7.26. The second-order valence-corrected chi connectivity index (χ2v) is 5.16. The molecule has 5 nitrogen and oxygen atoms in total. The number of primary amides is 1. The van der Waals surface area contributed by atoms with E-state index >= 15 is 0 Å². The van der Waals surface area contributed by atoms with Crippen LogP contribution < -0.4 is 16.0 Å². The quantitative estimate of drug-likeness (QED) is 0.648. The van der Waals surface area contributed by atoms with Gasteiger partial charge in [-0.15, -0.1) is 0 Å². The highest BCUT2D eigenvalue weighted by molar-refractivity contribution is 6.03. The molecule has 0 aliphatic carbocycles. The van der Waals surface area contributed by atoms with Crippen LogP contribution in [0.3, 0.4) is 0 Å². The fourth-order valence-corrected chi connectivity index (χ4v) is 2.45. The molecule has 0 unspecified atom stereocenters. The van der Waals surface area contributed by atoms with Gasteiger partial charge in [-0.3, -0.25) is 9.59 Å². The van der Waals surface area contributed by atoms with Gasteiger partial charge in [0.25, 0.3) is 0 Å². The van der Waals surface area contributed by atoms with Gasteiger partial charge in [-0.05, 0) is 38.0 Å². The minimum absolute atomic E-state index is 0.236. The van der Waals surface area contributed by atoms with E-state index in [2.05, 4.69) is 10.2 Å². The van der Waals surface area contributed by atoms with E-state index in [1.165, 1.54) is 6.08 Å². The number of nitrogens with two attached hydrogens (primary N) is 1. The second-order valence-electron chi connectivity index (χ2n) is 5.16. The van der Waals surface area contributed by atoms with E-state index in [-0.39, 0.29) is 5.91 Å². The molecule has 2 amide bonds. The molecule has 0 atom stereocenters. The summed E-state index contributed by atoms with van der Waals surface area (Å²) in [6.45, 7) is 3.78. The van der Waals surface area contributed by atoms with Crippen LogP contribution >= 0.6 is 0 Å². The van der Waals surface area contributed by atoms with Crippen LogP contribution in [0.1, 0.15) is 30.1 Å². The van der Waals surface area contributed by atoms with Gasteiger partial charge in [0.05, 0.1) is 11.4 Å². The summed E-state index contributed by atoms with van der Waals surface area (Å²) in [6.07, 6.45) is 9.00. The van der Waals surface area contributed by atoms with Crippen molar-refractivity contribution in [2.75, 3.05) is 23.3 Å². The number of anilines is 2. The summed E-state index contributed by atoms with van der Waals surface area (Å²) in [4.78, 5) is 25.5. The van der Waals surface area contributed by atoms with Crippen molar-refractivity contribution in [2.45, 2.75) is 19.8 Å². The lowest BCUT2D eigenvalue weighted by Gasteiger charge is -2.21. The summed E-state index contributed by atoms with van der Waals surface area (Å²) in [5, 5.41) is 2.83. The van der Waals surface area contributed by atoms with Crippen LogP contribution in [0, 0.1) is 0 Å². The van der Waals surface area contributed by atoms with Crippen LogP contribution in [0.4, 0.5) is 11.4 Å². The number of allylic oxidation sites excluding steroid dienone is 3. The minimum atomic E-state index is -0.507. The maximum Gasteiger partial charge on any atom is 0.248 e. The summed E-state index contributed by atoms with van der Waals surface area (Å²) in [5.74, 6) is -0.743. The van der Waals surface area contributed by atoms with Gasteiger partial charge in [0.2, 0.25) is 11.8 Å². The number of nitrogens with zero attached hydrogens (tertiary/aromatic N) is 1. The molecule has 1 aromatic rings. The van der Waals surface area contributed by atoms with Gasteiger partial charge >= 0.3 is 0 Å². The van der Waals surface area contributed by atoms with E-state index in [9.17, 15) is 9.59 Å². The van der Waals surface area contributed by atoms with Gasteiger partial charge in [-0.2, -0.15) is 0 Å². The van der Waals surface area contributed by atoms with Gasteiger partial charge in [0, 0.05) is 24.7 Å². The Labute approximate surface area is 130 Å². The lowest BCUT2D eigenvalue weighted by molar-refractivity contribution is -0.111. The third-order valence-corrected chi connectivity index (χ3v) is 3.54. The Morgan fingerprint density at radius 2 is 1.95 bits per heavy atom. The largest absolute Gasteiger partial charge is 0.370 e. The summed E-state index contributed by atoms with van der Waals surface area (Å²) < 4.78 is 0. The molecule has 116 valence electrons. The van der Waals surface area contributed by atoms with Crippen molar-refractivity contribution in [2.24, 2.45) is 5.73 Å². The second kappa shape index (κ2) is 7.45. The monoisotopic (exact) mass is 299 g/mol. The van der Waals surface area contributed by atoms with E-state index in [1.54, 1.807) is 24.3 Å². The number of benzene rings is 1. The smallest absolute Gasteiger partial charge is 0.248 e. The highest BCUT2D eigenvalue weighted by atomic mass is 16.1. The highest BCUT2D eigenvalue weighted by Crippen LogP contribution is 2.30. The Hall–Kier alpha value is -2.56. The Kier molecular flexibility index (Phi) is 5.36. The molecular formula is C17H21N3O2.